The van der Waals surface area contributed by atoms with Crippen LogP contribution in [0.3, 0.4) is 0 Å². The molecule has 0 unspecified atom stereocenters. The van der Waals surface area contributed by atoms with Gasteiger partial charge in [0.05, 0.1) is 29.8 Å². The lowest BCUT2D eigenvalue weighted by molar-refractivity contribution is -0.131. The van der Waals surface area contributed by atoms with Crippen molar-refractivity contribution in [3.63, 3.8) is 0 Å². The molecular weight excluding hydrogens is 308 g/mol. The molecule has 1 aromatic heterocycles. The lowest BCUT2D eigenvalue weighted by Crippen LogP contribution is -2.38. The predicted octanol–water partition coefficient (Wildman–Crippen LogP) is 2.95. The van der Waals surface area contributed by atoms with Gasteiger partial charge in [-0.05, 0) is 26.7 Å². The number of hydrogen-bond donors (Lipinski definition) is 1. The highest BCUT2D eigenvalue weighted by Crippen LogP contribution is 2.30. The Balaban J connectivity index is 1.83. The topological polar surface area (TPSA) is 53.4 Å². The predicted molar refractivity (Wildman–Crippen MR) is 92.5 cm³/mol. The molecule has 1 saturated heterocycles. The van der Waals surface area contributed by atoms with Crippen molar-refractivity contribution in [3.8, 4) is 11.3 Å². The molecule has 1 N–H and O–H groups in total. The van der Waals surface area contributed by atoms with E-state index in [0.717, 1.165) is 40.5 Å². The quantitative estimate of drug-likeness (QED) is 0.938. The minimum Gasteiger partial charge on any atom is -0.394 e. The summed E-state index contributed by atoms with van der Waals surface area (Å²) < 4.78 is 0. The molecule has 1 amide bonds. The van der Waals surface area contributed by atoms with Gasteiger partial charge in [0.25, 0.3) is 0 Å². The number of aryl methyl sites for hydroxylation is 2. The molecule has 2 heterocycles. The third kappa shape index (κ3) is 3.46. The normalized spacial score (nSPS) is 17.7. The second-order valence-corrected chi connectivity index (χ2v) is 7.40. The molecule has 1 fully saturated rings. The van der Waals surface area contributed by atoms with E-state index < -0.39 is 0 Å². The largest absolute Gasteiger partial charge is 0.394 e. The molecule has 2 aromatic rings. The number of aromatic nitrogens is 1. The summed E-state index contributed by atoms with van der Waals surface area (Å²) in [7, 11) is 0. The monoisotopic (exact) mass is 330 g/mol. The summed E-state index contributed by atoms with van der Waals surface area (Å²) >= 11 is 1.59. The number of carbonyl (C=O) groups is 1. The number of aliphatic hydroxyl groups excluding tert-OH is 1. The van der Waals surface area contributed by atoms with E-state index >= 15 is 0 Å². The van der Waals surface area contributed by atoms with Crippen molar-refractivity contribution >= 4 is 17.2 Å². The summed E-state index contributed by atoms with van der Waals surface area (Å²) in [6.45, 7) is 4.84. The maximum absolute atomic E-state index is 12.6. The summed E-state index contributed by atoms with van der Waals surface area (Å²) in [5, 5.41) is 10.4. The van der Waals surface area contributed by atoms with Gasteiger partial charge >= 0.3 is 0 Å². The first kappa shape index (κ1) is 16.1. The Bertz CT molecular complexity index is 694. The molecule has 5 heteroatoms. The summed E-state index contributed by atoms with van der Waals surface area (Å²) in [6.07, 6.45) is 2.24. The fourth-order valence-corrected chi connectivity index (χ4v) is 4.07. The molecule has 0 spiro atoms. The van der Waals surface area contributed by atoms with Gasteiger partial charge in [-0.1, -0.05) is 29.8 Å². The lowest BCUT2D eigenvalue weighted by atomic mass is 10.1. The number of carbonyl (C=O) groups excluding carboxylic acids is 1. The number of aliphatic hydroxyl groups is 1. The molecule has 23 heavy (non-hydrogen) atoms. The summed E-state index contributed by atoms with van der Waals surface area (Å²) in [5.41, 5.74) is 3.18. The van der Waals surface area contributed by atoms with Crippen LogP contribution in [0, 0.1) is 13.8 Å². The van der Waals surface area contributed by atoms with Crippen LogP contribution in [0.2, 0.25) is 0 Å². The zero-order chi connectivity index (χ0) is 16.4. The van der Waals surface area contributed by atoms with E-state index in [-0.39, 0.29) is 18.6 Å². The maximum Gasteiger partial charge on any atom is 0.228 e. The highest BCUT2D eigenvalue weighted by atomic mass is 32.1. The SMILES string of the molecule is Cc1ccc(-c2nc(C)sc2CC(=O)N2CCC[C@@H]2CO)cc1. The van der Waals surface area contributed by atoms with Gasteiger partial charge in [-0.25, -0.2) is 4.98 Å². The number of thiazole rings is 1. The van der Waals surface area contributed by atoms with Crippen LogP contribution in [0.15, 0.2) is 24.3 Å². The van der Waals surface area contributed by atoms with Gasteiger partial charge in [0, 0.05) is 17.0 Å². The van der Waals surface area contributed by atoms with E-state index in [1.807, 2.05) is 11.8 Å². The Morgan fingerprint density at radius 1 is 1.35 bits per heavy atom. The molecule has 1 aliphatic heterocycles. The first-order valence-corrected chi connectivity index (χ1v) is 8.84. The van der Waals surface area contributed by atoms with E-state index in [0.29, 0.717) is 6.42 Å². The highest BCUT2D eigenvalue weighted by molar-refractivity contribution is 7.12. The van der Waals surface area contributed by atoms with Crippen molar-refractivity contribution in [2.45, 2.75) is 39.2 Å². The van der Waals surface area contributed by atoms with Crippen LogP contribution in [-0.4, -0.2) is 40.1 Å². The minimum atomic E-state index is -0.0145. The van der Waals surface area contributed by atoms with Crippen molar-refractivity contribution in [2.24, 2.45) is 0 Å². The minimum absolute atomic E-state index is 0.0145. The van der Waals surface area contributed by atoms with Crippen LogP contribution < -0.4 is 0 Å². The summed E-state index contributed by atoms with van der Waals surface area (Å²) in [5.74, 6) is 0.0959. The zero-order valence-electron chi connectivity index (χ0n) is 13.6. The average Bonchev–Trinajstić information content (AvgIpc) is 3.14. The van der Waals surface area contributed by atoms with Crippen LogP contribution in [0.4, 0.5) is 0 Å². The van der Waals surface area contributed by atoms with Crippen molar-refractivity contribution < 1.29 is 9.90 Å². The van der Waals surface area contributed by atoms with Crippen LogP contribution in [0.5, 0.6) is 0 Å². The molecule has 4 nitrogen and oxygen atoms in total. The number of benzene rings is 1. The zero-order valence-corrected chi connectivity index (χ0v) is 14.4. The van der Waals surface area contributed by atoms with Crippen molar-refractivity contribution in [2.75, 3.05) is 13.2 Å². The standard InChI is InChI=1S/C18H22N2O2S/c1-12-5-7-14(8-6-12)18-16(23-13(2)19-18)10-17(22)20-9-3-4-15(20)11-21/h5-8,15,21H,3-4,9-11H2,1-2H3/t15-/m1/s1. The Morgan fingerprint density at radius 3 is 2.78 bits per heavy atom. The van der Waals surface area contributed by atoms with Crippen molar-refractivity contribution in [1.82, 2.24) is 9.88 Å². The number of rotatable bonds is 4. The Morgan fingerprint density at radius 2 is 2.09 bits per heavy atom. The Hall–Kier alpha value is -1.72. The maximum atomic E-state index is 12.6. The second kappa shape index (κ2) is 6.81. The van der Waals surface area contributed by atoms with Gasteiger partial charge in [0.2, 0.25) is 5.91 Å². The number of hydrogen-bond acceptors (Lipinski definition) is 4. The molecule has 0 saturated carbocycles. The Kier molecular flexibility index (Phi) is 4.78. The molecule has 1 aliphatic rings. The molecule has 3 rings (SSSR count). The molecule has 0 bridgehead atoms. The fraction of sp³-hybridized carbons (Fsp3) is 0.444. The molecule has 0 radical (unpaired) electrons. The molecule has 122 valence electrons. The van der Waals surface area contributed by atoms with E-state index in [4.69, 9.17) is 0 Å². The smallest absolute Gasteiger partial charge is 0.228 e. The fourth-order valence-electron chi connectivity index (χ4n) is 3.12. The number of nitrogens with zero attached hydrogens (tertiary/aromatic N) is 2. The molecule has 1 aromatic carbocycles. The van der Waals surface area contributed by atoms with E-state index in [1.165, 1.54) is 5.56 Å². The third-order valence-electron chi connectivity index (χ3n) is 4.35. The van der Waals surface area contributed by atoms with Crippen molar-refractivity contribution in [1.29, 1.82) is 0 Å². The van der Waals surface area contributed by atoms with Gasteiger partial charge in [0.1, 0.15) is 0 Å². The molecule has 0 aliphatic carbocycles. The average molecular weight is 330 g/mol. The van der Waals surface area contributed by atoms with Gasteiger partial charge in [-0.15, -0.1) is 11.3 Å². The summed E-state index contributed by atoms with van der Waals surface area (Å²) in [6, 6.07) is 8.24. The number of likely N-dealkylation sites (tertiary alicyclic amines) is 1. The van der Waals surface area contributed by atoms with Crippen molar-refractivity contribution in [3.05, 3.63) is 39.7 Å². The second-order valence-electron chi connectivity index (χ2n) is 6.11. The van der Waals surface area contributed by atoms with E-state index in [9.17, 15) is 9.90 Å². The van der Waals surface area contributed by atoms with Crippen LogP contribution in [0.1, 0.15) is 28.3 Å². The third-order valence-corrected chi connectivity index (χ3v) is 5.32. The van der Waals surface area contributed by atoms with Gasteiger partial charge in [-0.2, -0.15) is 0 Å². The first-order valence-electron chi connectivity index (χ1n) is 8.02. The van der Waals surface area contributed by atoms with Crippen LogP contribution in [-0.2, 0) is 11.2 Å². The lowest BCUT2D eigenvalue weighted by Gasteiger charge is -2.22. The van der Waals surface area contributed by atoms with Gasteiger partial charge in [0.15, 0.2) is 0 Å². The van der Waals surface area contributed by atoms with Crippen LogP contribution >= 0.6 is 11.3 Å². The first-order chi connectivity index (χ1) is 11.1. The number of amides is 1. The highest BCUT2D eigenvalue weighted by Gasteiger charge is 2.29. The van der Waals surface area contributed by atoms with E-state index in [1.54, 1.807) is 11.3 Å². The summed E-state index contributed by atoms with van der Waals surface area (Å²) in [4.78, 5) is 20.1. The van der Waals surface area contributed by atoms with E-state index in [2.05, 4.69) is 36.2 Å². The molecular formula is C18H22N2O2S. The molecule has 1 atom stereocenters. The Labute approximate surface area is 140 Å². The van der Waals surface area contributed by atoms with Gasteiger partial charge in [-0.3, -0.25) is 4.79 Å². The van der Waals surface area contributed by atoms with Gasteiger partial charge < -0.3 is 10.0 Å². The van der Waals surface area contributed by atoms with Crippen LogP contribution in [0.25, 0.3) is 11.3 Å².